The molecule has 0 aromatic heterocycles. The van der Waals surface area contributed by atoms with Crippen LogP contribution in [0.15, 0.2) is 42.5 Å². The van der Waals surface area contributed by atoms with E-state index in [1.54, 1.807) is 45.0 Å². The molecule has 0 fully saturated rings. The first-order valence-corrected chi connectivity index (χ1v) is 8.19. The molecule has 0 aliphatic heterocycles. The highest BCUT2D eigenvalue weighted by molar-refractivity contribution is 5.96. The highest BCUT2D eigenvalue weighted by atomic mass is 19.2. The van der Waals surface area contributed by atoms with Gasteiger partial charge in [0.2, 0.25) is 11.8 Å². The predicted molar refractivity (Wildman–Crippen MR) is 98.0 cm³/mol. The largest absolute Gasteiger partial charge is 0.374 e. The van der Waals surface area contributed by atoms with Crippen molar-refractivity contribution < 1.29 is 18.4 Å². The Balaban J connectivity index is 1.93. The lowest BCUT2D eigenvalue weighted by Gasteiger charge is -2.16. The van der Waals surface area contributed by atoms with Crippen molar-refractivity contribution in [2.24, 2.45) is 5.92 Å². The van der Waals surface area contributed by atoms with Gasteiger partial charge in [-0.15, -0.1) is 0 Å². The highest BCUT2D eigenvalue weighted by Crippen LogP contribution is 2.17. The number of rotatable bonds is 6. The van der Waals surface area contributed by atoms with E-state index in [2.05, 4.69) is 16.0 Å². The van der Waals surface area contributed by atoms with E-state index in [4.69, 9.17) is 0 Å². The molecule has 0 aliphatic carbocycles. The number of nitrogens with one attached hydrogen (secondary N) is 3. The minimum Gasteiger partial charge on any atom is -0.374 e. The molecular weight excluding hydrogens is 340 g/mol. The third-order valence-electron chi connectivity index (χ3n) is 3.64. The zero-order chi connectivity index (χ0) is 19.3. The molecule has 0 radical (unpaired) electrons. The third-order valence-corrected chi connectivity index (χ3v) is 3.64. The smallest absolute Gasteiger partial charge is 0.246 e. The first kappa shape index (κ1) is 19.4. The lowest BCUT2D eigenvalue weighted by Crippen LogP contribution is -2.31. The summed E-state index contributed by atoms with van der Waals surface area (Å²) in [5, 5.41) is 8.29. The van der Waals surface area contributed by atoms with Crippen molar-refractivity contribution >= 4 is 28.9 Å². The van der Waals surface area contributed by atoms with Gasteiger partial charge >= 0.3 is 0 Å². The van der Waals surface area contributed by atoms with E-state index in [0.717, 1.165) is 12.1 Å². The number of carbonyl (C=O) groups excluding carboxylic acids is 2. The molecule has 7 heteroatoms. The van der Waals surface area contributed by atoms with Crippen LogP contribution in [0.5, 0.6) is 0 Å². The molecule has 2 aromatic carbocycles. The summed E-state index contributed by atoms with van der Waals surface area (Å²) in [5.74, 6) is -2.59. The minimum atomic E-state index is -1.03. The van der Waals surface area contributed by atoms with Gasteiger partial charge in [0.25, 0.3) is 0 Å². The SMILES string of the molecule is CC(C)C(=O)Nc1ccc(NC(C)C(=O)Nc2ccc(F)c(F)c2)cc1. The van der Waals surface area contributed by atoms with Crippen molar-refractivity contribution in [3.05, 3.63) is 54.1 Å². The van der Waals surface area contributed by atoms with Gasteiger partial charge in [-0.25, -0.2) is 8.78 Å². The Labute approximate surface area is 150 Å². The zero-order valence-corrected chi connectivity index (χ0v) is 14.8. The molecule has 0 heterocycles. The molecule has 0 bridgehead atoms. The summed E-state index contributed by atoms with van der Waals surface area (Å²) in [6, 6.07) is 9.47. The van der Waals surface area contributed by atoms with Crippen LogP contribution in [0.4, 0.5) is 25.8 Å². The fraction of sp³-hybridized carbons (Fsp3) is 0.263. The average molecular weight is 361 g/mol. The fourth-order valence-corrected chi connectivity index (χ4v) is 2.08. The number of benzene rings is 2. The van der Waals surface area contributed by atoms with Gasteiger partial charge in [0.1, 0.15) is 6.04 Å². The van der Waals surface area contributed by atoms with Crippen LogP contribution in [-0.4, -0.2) is 17.9 Å². The molecule has 0 saturated carbocycles. The molecule has 0 spiro atoms. The van der Waals surface area contributed by atoms with Crippen molar-refractivity contribution in [1.82, 2.24) is 0 Å². The van der Waals surface area contributed by atoms with Gasteiger partial charge in [0.15, 0.2) is 11.6 Å². The van der Waals surface area contributed by atoms with Gasteiger partial charge in [-0.1, -0.05) is 13.8 Å². The second kappa shape index (κ2) is 8.42. The Bertz CT molecular complexity index is 792. The highest BCUT2D eigenvalue weighted by Gasteiger charge is 2.14. The van der Waals surface area contributed by atoms with Crippen molar-refractivity contribution in [3.8, 4) is 0 Å². The summed E-state index contributed by atoms with van der Waals surface area (Å²) in [6.45, 7) is 5.25. The number of amides is 2. The van der Waals surface area contributed by atoms with Gasteiger partial charge in [0.05, 0.1) is 0 Å². The lowest BCUT2D eigenvalue weighted by molar-refractivity contribution is -0.119. The van der Waals surface area contributed by atoms with E-state index in [1.165, 1.54) is 6.07 Å². The van der Waals surface area contributed by atoms with Gasteiger partial charge < -0.3 is 16.0 Å². The van der Waals surface area contributed by atoms with Crippen LogP contribution < -0.4 is 16.0 Å². The summed E-state index contributed by atoms with van der Waals surface area (Å²) in [7, 11) is 0. The summed E-state index contributed by atoms with van der Waals surface area (Å²) >= 11 is 0. The van der Waals surface area contributed by atoms with Gasteiger partial charge in [0, 0.05) is 29.0 Å². The maximum atomic E-state index is 13.2. The topological polar surface area (TPSA) is 70.2 Å². The first-order chi connectivity index (χ1) is 12.3. The second-order valence-corrected chi connectivity index (χ2v) is 6.21. The quantitative estimate of drug-likeness (QED) is 0.728. The summed E-state index contributed by atoms with van der Waals surface area (Å²) < 4.78 is 26.1. The standard InChI is InChI=1S/C19H21F2N3O2/c1-11(2)18(25)23-14-6-4-13(5-7-14)22-12(3)19(26)24-15-8-9-16(20)17(21)10-15/h4-12,22H,1-3H3,(H,23,25)(H,24,26). The normalized spacial score (nSPS) is 11.8. The fourth-order valence-electron chi connectivity index (χ4n) is 2.08. The van der Waals surface area contributed by atoms with Crippen LogP contribution >= 0.6 is 0 Å². The molecule has 2 amide bonds. The van der Waals surface area contributed by atoms with Crippen LogP contribution in [0.2, 0.25) is 0 Å². The number of anilines is 3. The molecule has 5 nitrogen and oxygen atoms in total. The Morgan fingerprint density at radius 3 is 1.88 bits per heavy atom. The molecule has 1 unspecified atom stereocenters. The molecule has 1 atom stereocenters. The molecule has 3 N–H and O–H groups in total. The maximum absolute atomic E-state index is 13.2. The van der Waals surface area contributed by atoms with Crippen molar-refractivity contribution in [2.45, 2.75) is 26.8 Å². The maximum Gasteiger partial charge on any atom is 0.246 e. The minimum absolute atomic E-state index is 0.0787. The van der Waals surface area contributed by atoms with E-state index in [0.29, 0.717) is 11.4 Å². The average Bonchev–Trinajstić information content (AvgIpc) is 2.59. The van der Waals surface area contributed by atoms with E-state index < -0.39 is 23.6 Å². The summed E-state index contributed by atoms with van der Waals surface area (Å²) in [5.41, 5.74) is 1.52. The molecule has 0 aliphatic rings. The number of halogens is 2. The van der Waals surface area contributed by atoms with Crippen LogP contribution in [0, 0.1) is 17.6 Å². The zero-order valence-electron chi connectivity index (χ0n) is 14.8. The van der Waals surface area contributed by atoms with E-state index in [-0.39, 0.29) is 17.5 Å². The number of hydrogen-bond donors (Lipinski definition) is 3. The second-order valence-electron chi connectivity index (χ2n) is 6.21. The molecule has 138 valence electrons. The van der Waals surface area contributed by atoms with E-state index in [9.17, 15) is 18.4 Å². The van der Waals surface area contributed by atoms with Crippen molar-refractivity contribution in [2.75, 3.05) is 16.0 Å². The van der Waals surface area contributed by atoms with Crippen LogP contribution in [0.1, 0.15) is 20.8 Å². The van der Waals surface area contributed by atoms with Crippen LogP contribution in [0.3, 0.4) is 0 Å². The lowest BCUT2D eigenvalue weighted by atomic mass is 10.2. The van der Waals surface area contributed by atoms with Crippen molar-refractivity contribution in [3.63, 3.8) is 0 Å². The molecule has 2 rings (SSSR count). The Morgan fingerprint density at radius 1 is 0.769 bits per heavy atom. The first-order valence-electron chi connectivity index (χ1n) is 8.19. The Morgan fingerprint density at radius 2 is 1.31 bits per heavy atom. The van der Waals surface area contributed by atoms with Crippen LogP contribution in [0.25, 0.3) is 0 Å². The molecule has 26 heavy (non-hydrogen) atoms. The number of hydrogen-bond acceptors (Lipinski definition) is 3. The molecule has 0 saturated heterocycles. The van der Waals surface area contributed by atoms with Crippen molar-refractivity contribution in [1.29, 1.82) is 0 Å². The predicted octanol–water partition coefficient (Wildman–Crippen LogP) is 4.00. The van der Waals surface area contributed by atoms with Gasteiger partial charge in [-0.05, 0) is 43.3 Å². The Hall–Kier alpha value is -2.96. The van der Waals surface area contributed by atoms with Crippen LogP contribution in [-0.2, 0) is 9.59 Å². The number of carbonyl (C=O) groups is 2. The van der Waals surface area contributed by atoms with E-state index >= 15 is 0 Å². The summed E-state index contributed by atoms with van der Waals surface area (Å²) in [6.07, 6.45) is 0. The third kappa shape index (κ3) is 5.27. The van der Waals surface area contributed by atoms with E-state index in [1.807, 2.05) is 0 Å². The molecular formula is C19H21F2N3O2. The van der Waals surface area contributed by atoms with Gasteiger partial charge in [-0.2, -0.15) is 0 Å². The summed E-state index contributed by atoms with van der Waals surface area (Å²) in [4.78, 5) is 23.8. The molecule has 2 aromatic rings. The monoisotopic (exact) mass is 361 g/mol. The van der Waals surface area contributed by atoms with Gasteiger partial charge in [-0.3, -0.25) is 9.59 Å². The Kier molecular flexibility index (Phi) is 6.27.